The Morgan fingerprint density at radius 1 is 1.00 bits per heavy atom. The second-order valence-corrected chi connectivity index (χ2v) is 5.34. The van der Waals surface area contributed by atoms with Crippen molar-refractivity contribution in [3.8, 4) is 11.4 Å². The van der Waals surface area contributed by atoms with Crippen molar-refractivity contribution in [2.75, 3.05) is 32.8 Å². The molecule has 1 saturated heterocycles. The first-order chi connectivity index (χ1) is 10.4. The summed E-state index contributed by atoms with van der Waals surface area (Å²) in [7, 11) is 0. The van der Waals surface area contributed by atoms with Gasteiger partial charge in [-0.1, -0.05) is 30.3 Å². The average Bonchev–Trinajstić information content (AvgIpc) is 2.57. The molecule has 3 rings (SSSR count). The van der Waals surface area contributed by atoms with Gasteiger partial charge >= 0.3 is 0 Å². The first kappa shape index (κ1) is 14.2. The molecule has 0 unspecified atom stereocenters. The summed E-state index contributed by atoms with van der Waals surface area (Å²) in [5.74, 6) is 0.799. The number of morpholine rings is 1. The summed E-state index contributed by atoms with van der Waals surface area (Å²) in [6, 6.07) is 10.1. The molecule has 4 nitrogen and oxygen atoms in total. The summed E-state index contributed by atoms with van der Waals surface area (Å²) in [6.07, 6.45) is 6.09. The van der Waals surface area contributed by atoms with Crippen molar-refractivity contribution in [2.24, 2.45) is 0 Å². The molecule has 1 aromatic heterocycles. The van der Waals surface area contributed by atoms with Crippen molar-refractivity contribution < 1.29 is 4.74 Å². The van der Waals surface area contributed by atoms with Gasteiger partial charge in [0.25, 0.3) is 0 Å². The number of aromatic nitrogens is 2. The molecule has 0 saturated carbocycles. The van der Waals surface area contributed by atoms with Gasteiger partial charge in [-0.15, -0.1) is 0 Å². The number of ether oxygens (including phenoxy) is 1. The van der Waals surface area contributed by atoms with E-state index in [1.54, 1.807) is 0 Å². The molecule has 110 valence electrons. The third-order valence-electron chi connectivity index (χ3n) is 3.78. The van der Waals surface area contributed by atoms with Gasteiger partial charge in [0.2, 0.25) is 0 Å². The topological polar surface area (TPSA) is 38.2 Å². The van der Waals surface area contributed by atoms with Crippen LogP contribution in [-0.2, 0) is 11.2 Å². The van der Waals surface area contributed by atoms with Crippen LogP contribution in [0.4, 0.5) is 0 Å². The zero-order valence-electron chi connectivity index (χ0n) is 12.2. The fraction of sp³-hybridized carbons (Fsp3) is 0.412. The molecule has 2 aromatic rings. The summed E-state index contributed by atoms with van der Waals surface area (Å²) in [5.41, 5.74) is 2.28. The minimum absolute atomic E-state index is 0.799. The highest BCUT2D eigenvalue weighted by molar-refractivity contribution is 5.53. The van der Waals surface area contributed by atoms with E-state index >= 15 is 0 Å². The lowest BCUT2D eigenvalue weighted by Crippen LogP contribution is -2.36. The third kappa shape index (κ3) is 4.09. The second kappa shape index (κ2) is 7.29. The van der Waals surface area contributed by atoms with Gasteiger partial charge in [0.05, 0.1) is 13.2 Å². The number of hydrogen-bond donors (Lipinski definition) is 0. The Hall–Kier alpha value is -1.78. The zero-order valence-corrected chi connectivity index (χ0v) is 12.2. The summed E-state index contributed by atoms with van der Waals surface area (Å²) in [6.45, 7) is 4.99. The van der Waals surface area contributed by atoms with Crippen LogP contribution in [0.1, 0.15) is 12.0 Å². The zero-order chi connectivity index (χ0) is 14.3. The van der Waals surface area contributed by atoms with Crippen molar-refractivity contribution in [3.63, 3.8) is 0 Å². The van der Waals surface area contributed by atoms with Crippen molar-refractivity contribution in [1.82, 2.24) is 14.9 Å². The second-order valence-electron chi connectivity index (χ2n) is 5.34. The highest BCUT2D eigenvalue weighted by Gasteiger charge is 2.09. The van der Waals surface area contributed by atoms with Gasteiger partial charge in [0.15, 0.2) is 5.82 Å². The minimum atomic E-state index is 0.799. The molecule has 1 aromatic carbocycles. The number of rotatable bonds is 5. The van der Waals surface area contributed by atoms with Gasteiger partial charge in [-0.2, -0.15) is 0 Å². The van der Waals surface area contributed by atoms with Crippen LogP contribution in [-0.4, -0.2) is 47.7 Å². The van der Waals surface area contributed by atoms with E-state index in [4.69, 9.17) is 4.74 Å². The maximum atomic E-state index is 5.36. The smallest absolute Gasteiger partial charge is 0.159 e. The van der Waals surface area contributed by atoms with E-state index < -0.39 is 0 Å². The van der Waals surface area contributed by atoms with Crippen molar-refractivity contribution >= 4 is 0 Å². The normalized spacial score (nSPS) is 16.0. The molecule has 0 radical (unpaired) electrons. The number of benzene rings is 1. The van der Waals surface area contributed by atoms with E-state index in [-0.39, 0.29) is 0 Å². The number of nitrogens with zero attached hydrogens (tertiary/aromatic N) is 3. The minimum Gasteiger partial charge on any atom is -0.379 e. The predicted molar refractivity (Wildman–Crippen MR) is 83.0 cm³/mol. The SMILES string of the molecule is c1ccc(-c2ncc(CCCN3CCOCC3)cn2)cc1. The Morgan fingerprint density at radius 2 is 1.71 bits per heavy atom. The first-order valence-corrected chi connectivity index (χ1v) is 7.58. The molecular formula is C17H21N3O. The highest BCUT2D eigenvalue weighted by atomic mass is 16.5. The number of hydrogen-bond acceptors (Lipinski definition) is 4. The van der Waals surface area contributed by atoms with Gasteiger partial charge in [-0.25, -0.2) is 9.97 Å². The molecule has 4 heteroatoms. The van der Waals surface area contributed by atoms with Crippen LogP contribution in [0.5, 0.6) is 0 Å². The molecule has 0 bridgehead atoms. The molecule has 0 amide bonds. The van der Waals surface area contributed by atoms with Gasteiger partial charge in [0, 0.05) is 31.0 Å². The standard InChI is InChI=1S/C17H21N3O/c1-2-6-16(7-3-1)17-18-13-15(14-19-17)5-4-8-20-9-11-21-12-10-20/h1-3,6-7,13-14H,4-5,8-12H2. The molecule has 1 fully saturated rings. The Balaban J connectivity index is 1.50. The van der Waals surface area contributed by atoms with Crippen LogP contribution < -0.4 is 0 Å². The fourth-order valence-electron chi connectivity index (χ4n) is 2.55. The molecule has 1 aliphatic rings. The number of aryl methyl sites for hydroxylation is 1. The van der Waals surface area contributed by atoms with Gasteiger partial charge < -0.3 is 4.74 Å². The molecule has 0 aliphatic carbocycles. The molecule has 0 atom stereocenters. The average molecular weight is 283 g/mol. The van der Waals surface area contributed by atoms with Gasteiger partial charge in [0.1, 0.15) is 0 Å². The third-order valence-corrected chi connectivity index (χ3v) is 3.78. The lowest BCUT2D eigenvalue weighted by molar-refractivity contribution is 0.0374. The van der Waals surface area contributed by atoms with Crippen LogP contribution in [0.2, 0.25) is 0 Å². The van der Waals surface area contributed by atoms with E-state index in [9.17, 15) is 0 Å². The highest BCUT2D eigenvalue weighted by Crippen LogP contribution is 2.13. The predicted octanol–water partition coefficient (Wildman–Crippen LogP) is 2.41. The summed E-state index contributed by atoms with van der Waals surface area (Å²) in [4.78, 5) is 11.4. The van der Waals surface area contributed by atoms with Crippen molar-refractivity contribution in [1.29, 1.82) is 0 Å². The molecule has 2 heterocycles. The van der Waals surface area contributed by atoms with Crippen LogP contribution in [0.25, 0.3) is 11.4 Å². The molecule has 1 aliphatic heterocycles. The lowest BCUT2D eigenvalue weighted by atomic mass is 10.1. The van der Waals surface area contributed by atoms with E-state index in [1.807, 2.05) is 42.7 Å². The van der Waals surface area contributed by atoms with Crippen LogP contribution >= 0.6 is 0 Å². The van der Waals surface area contributed by atoms with Crippen molar-refractivity contribution in [2.45, 2.75) is 12.8 Å². The quantitative estimate of drug-likeness (QED) is 0.844. The van der Waals surface area contributed by atoms with E-state index in [2.05, 4.69) is 14.9 Å². The Morgan fingerprint density at radius 3 is 2.43 bits per heavy atom. The summed E-state index contributed by atoms with van der Waals surface area (Å²) < 4.78 is 5.36. The van der Waals surface area contributed by atoms with Crippen molar-refractivity contribution in [3.05, 3.63) is 48.3 Å². The molecule has 21 heavy (non-hydrogen) atoms. The van der Waals surface area contributed by atoms with E-state index in [0.717, 1.165) is 57.1 Å². The maximum absolute atomic E-state index is 5.36. The Labute approximate surface area is 125 Å². The van der Waals surface area contributed by atoms with Crippen LogP contribution in [0.15, 0.2) is 42.7 Å². The Kier molecular flexibility index (Phi) is 4.92. The maximum Gasteiger partial charge on any atom is 0.159 e. The fourth-order valence-corrected chi connectivity index (χ4v) is 2.55. The van der Waals surface area contributed by atoms with E-state index in [1.165, 1.54) is 5.56 Å². The Bertz CT molecular complexity index is 536. The largest absolute Gasteiger partial charge is 0.379 e. The summed E-state index contributed by atoms with van der Waals surface area (Å²) >= 11 is 0. The molecule has 0 spiro atoms. The van der Waals surface area contributed by atoms with Crippen LogP contribution in [0, 0.1) is 0 Å². The first-order valence-electron chi connectivity index (χ1n) is 7.58. The van der Waals surface area contributed by atoms with Gasteiger partial charge in [-0.05, 0) is 24.9 Å². The van der Waals surface area contributed by atoms with Crippen LogP contribution in [0.3, 0.4) is 0 Å². The summed E-state index contributed by atoms with van der Waals surface area (Å²) in [5, 5.41) is 0. The lowest BCUT2D eigenvalue weighted by Gasteiger charge is -2.26. The van der Waals surface area contributed by atoms with Gasteiger partial charge in [-0.3, -0.25) is 4.90 Å². The monoisotopic (exact) mass is 283 g/mol. The molecule has 0 N–H and O–H groups in total. The molecular weight excluding hydrogens is 262 g/mol. The van der Waals surface area contributed by atoms with E-state index in [0.29, 0.717) is 0 Å².